The number of rotatable bonds is 2. The van der Waals surface area contributed by atoms with Gasteiger partial charge in [0.1, 0.15) is 11.5 Å². The van der Waals surface area contributed by atoms with Gasteiger partial charge in [-0.1, -0.05) is 12.1 Å². The highest BCUT2D eigenvalue weighted by molar-refractivity contribution is 6.34. The van der Waals surface area contributed by atoms with Crippen molar-refractivity contribution in [3.63, 3.8) is 0 Å². The number of phenols is 2. The Morgan fingerprint density at radius 2 is 1.29 bits per heavy atom. The number of aliphatic hydroxyl groups is 1. The van der Waals surface area contributed by atoms with Gasteiger partial charge in [-0.3, -0.25) is 9.59 Å². The molecule has 5 aromatic carbocycles. The monoisotopic (exact) mass is 372 g/mol. The van der Waals surface area contributed by atoms with E-state index < -0.39 is 6.10 Å². The fraction of sp³-hybridized carbons (Fsp3) is 0.130. The third kappa shape index (κ3) is 2.05. The molecule has 0 aliphatic heterocycles. The Bertz CT molecular complexity index is 1520. The molecular formula is C23H16O5. The van der Waals surface area contributed by atoms with E-state index in [0.717, 1.165) is 10.8 Å². The Balaban J connectivity index is 2.23. The number of benzene rings is 5. The molecule has 0 radical (unpaired) electrons. The SMILES string of the molecule is CC(O)Cc1cc(=O)c2c(O)ccc3c4ccc(=O)c5c(O)ccc(c1c23)c54. The van der Waals surface area contributed by atoms with E-state index in [4.69, 9.17) is 0 Å². The van der Waals surface area contributed by atoms with E-state index >= 15 is 0 Å². The van der Waals surface area contributed by atoms with Crippen LogP contribution in [0.2, 0.25) is 0 Å². The molecule has 0 aromatic heterocycles. The molecule has 0 aliphatic carbocycles. The minimum absolute atomic E-state index is 0.0957. The van der Waals surface area contributed by atoms with E-state index in [2.05, 4.69) is 0 Å². The Morgan fingerprint density at radius 1 is 0.714 bits per heavy atom. The summed E-state index contributed by atoms with van der Waals surface area (Å²) in [5.41, 5.74) is 0.0510. The standard InChI is InChI=1S/C23H16O5/c1-10(24)8-11-9-18(28)23-17(27)6-3-13-12-2-5-15(25)22-16(26)7-4-14(20(12)22)19(11)21(13)23/h2-7,9-10,24,26-27H,8H2,1H3. The minimum atomic E-state index is -0.672. The zero-order valence-electron chi connectivity index (χ0n) is 15.0. The van der Waals surface area contributed by atoms with E-state index in [1.165, 1.54) is 24.3 Å². The lowest BCUT2D eigenvalue weighted by molar-refractivity contribution is 0.196. The lowest BCUT2D eigenvalue weighted by Crippen LogP contribution is -2.11. The molecule has 0 fully saturated rings. The molecule has 5 rings (SSSR count). The maximum atomic E-state index is 12.8. The number of hydrogen-bond donors (Lipinski definition) is 3. The van der Waals surface area contributed by atoms with Crippen LogP contribution >= 0.6 is 0 Å². The molecule has 138 valence electrons. The molecule has 3 N–H and O–H groups in total. The molecule has 28 heavy (non-hydrogen) atoms. The summed E-state index contributed by atoms with van der Waals surface area (Å²) in [6.07, 6.45) is -0.418. The molecule has 5 heteroatoms. The summed E-state index contributed by atoms with van der Waals surface area (Å²) in [6.45, 7) is 1.64. The largest absolute Gasteiger partial charge is 0.507 e. The average Bonchev–Trinajstić information content (AvgIpc) is 2.63. The van der Waals surface area contributed by atoms with Crippen LogP contribution in [0.5, 0.6) is 11.5 Å². The van der Waals surface area contributed by atoms with Crippen LogP contribution in [-0.2, 0) is 6.42 Å². The second kappa shape index (κ2) is 5.53. The summed E-state index contributed by atoms with van der Waals surface area (Å²) in [6, 6.07) is 10.9. The molecule has 5 nitrogen and oxygen atoms in total. The molecule has 0 amide bonds. The fourth-order valence-corrected chi connectivity index (χ4v) is 4.45. The third-order valence-electron chi connectivity index (χ3n) is 5.48. The molecule has 0 bridgehead atoms. The topological polar surface area (TPSA) is 94.8 Å². The average molecular weight is 372 g/mol. The van der Waals surface area contributed by atoms with Crippen molar-refractivity contribution in [1.82, 2.24) is 0 Å². The summed E-state index contributed by atoms with van der Waals surface area (Å²) >= 11 is 0. The van der Waals surface area contributed by atoms with Gasteiger partial charge in [-0.2, -0.15) is 0 Å². The van der Waals surface area contributed by atoms with Crippen molar-refractivity contribution < 1.29 is 15.3 Å². The highest BCUT2D eigenvalue weighted by atomic mass is 16.3. The van der Waals surface area contributed by atoms with Gasteiger partial charge in [0.25, 0.3) is 0 Å². The van der Waals surface area contributed by atoms with Gasteiger partial charge in [0, 0.05) is 10.8 Å². The normalized spacial score (nSPS) is 13.2. The van der Waals surface area contributed by atoms with Gasteiger partial charge in [-0.25, -0.2) is 0 Å². The molecule has 1 atom stereocenters. The highest BCUT2D eigenvalue weighted by Crippen LogP contribution is 2.43. The zero-order chi connectivity index (χ0) is 19.7. The molecular weight excluding hydrogens is 356 g/mol. The van der Waals surface area contributed by atoms with E-state index in [-0.39, 0.29) is 39.5 Å². The van der Waals surface area contributed by atoms with Gasteiger partial charge in [-0.05, 0) is 70.8 Å². The first-order valence-electron chi connectivity index (χ1n) is 9.01. The molecule has 5 aromatic rings. The van der Waals surface area contributed by atoms with Crippen molar-refractivity contribution in [2.24, 2.45) is 0 Å². The maximum absolute atomic E-state index is 12.8. The van der Waals surface area contributed by atoms with Gasteiger partial charge in [0.15, 0.2) is 10.9 Å². The Morgan fingerprint density at radius 3 is 1.96 bits per heavy atom. The number of aromatic hydroxyl groups is 2. The van der Waals surface area contributed by atoms with E-state index in [1.807, 2.05) is 0 Å². The molecule has 0 heterocycles. The molecule has 0 aliphatic rings. The van der Waals surface area contributed by atoms with Crippen LogP contribution in [0.1, 0.15) is 12.5 Å². The van der Waals surface area contributed by atoms with Crippen LogP contribution in [0.3, 0.4) is 0 Å². The van der Waals surface area contributed by atoms with Gasteiger partial charge >= 0.3 is 0 Å². The van der Waals surface area contributed by atoms with Gasteiger partial charge < -0.3 is 15.3 Å². The summed E-state index contributed by atoms with van der Waals surface area (Å²) in [5.74, 6) is -0.200. The van der Waals surface area contributed by atoms with Crippen LogP contribution in [0.15, 0.2) is 52.1 Å². The van der Waals surface area contributed by atoms with Crippen LogP contribution in [-0.4, -0.2) is 21.4 Å². The minimum Gasteiger partial charge on any atom is -0.507 e. The van der Waals surface area contributed by atoms with Crippen LogP contribution in [0, 0.1) is 0 Å². The maximum Gasteiger partial charge on any atom is 0.190 e. The lowest BCUT2D eigenvalue weighted by atomic mass is 9.86. The Labute approximate surface area is 158 Å². The van der Waals surface area contributed by atoms with E-state index in [0.29, 0.717) is 27.1 Å². The van der Waals surface area contributed by atoms with E-state index in [9.17, 15) is 24.9 Å². The quantitative estimate of drug-likeness (QED) is 0.327. The third-order valence-corrected chi connectivity index (χ3v) is 5.48. The number of phenolic OH excluding ortho intramolecular Hbond substituents is 2. The molecule has 0 saturated heterocycles. The second-order valence-corrected chi connectivity index (χ2v) is 7.34. The van der Waals surface area contributed by atoms with Crippen LogP contribution in [0.25, 0.3) is 43.1 Å². The van der Waals surface area contributed by atoms with Crippen molar-refractivity contribution in [2.75, 3.05) is 0 Å². The van der Waals surface area contributed by atoms with Crippen LogP contribution in [0.4, 0.5) is 0 Å². The molecule has 0 spiro atoms. The van der Waals surface area contributed by atoms with E-state index in [1.54, 1.807) is 25.1 Å². The number of fused-ring (bicyclic) bond motifs is 2. The van der Waals surface area contributed by atoms with Crippen LogP contribution < -0.4 is 10.9 Å². The smallest absolute Gasteiger partial charge is 0.190 e. The Hall–Kier alpha value is -3.44. The predicted molar refractivity (Wildman–Crippen MR) is 110 cm³/mol. The summed E-state index contributed by atoms with van der Waals surface area (Å²) < 4.78 is 0. The zero-order valence-corrected chi connectivity index (χ0v) is 15.0. The number of aliphatic hydroxyl groups excluding tert-OH is 1. The summed E-state index contributed by atoms with van der Waals surface area (Å²) in [5, 5.41) is 35.2. The van der Waals surface area contributed by atoms with Gasteiger partial charge in [0.05, 0.1) is 16.9 Å². The van der Waals surface area contributed by atoms with Crippen molar-refractivity contribution in [3.05, 3.63) is 68.5 Å². The van der Waals surface area contributed by atoms with Crippen molar-refractivity contribution in [1.29, 1.82) is 0 Å². The van der Waals surface area contributed by atoms with Crippen molar-refractivity contribution in [2.45, 2.75) is 19.4 Å². The molecule has 0 saturated carbocycles. The first-order valence-corrected chi connectivity index (χ1v) is 9.01. The van der Waals surface area contributed by atoms with Crippen molar-refractivity contribution >= 4 is 43.1 Å². The second-order valence-electron chi connectivity index (χ2n) is 7.34. The number of hydrogen-bond acceptors (Lipinski definition) is 5. The first kappa shape index (κ1) is 16.7. The van der Waals surface area contributed by atoms with Gasteiger partial charge in [0.2, 0.25) is 0 Å². The fourth-order valence-electron chi connectivity index (χ4n) is 4.45. The predicted octanol–water partition coefficient (Wildman–Crippen LogP) is 3.23. The summed E-state index contributed by atoms with van der Waals surface area (Å²) in [7, 11) is 0. The lowest BCUT2D eigenvalue weighted by Gasteiger charge is -2.18. The first-order chi connectivity index (χ1) is 13.4. The summed E-state index contributed by atoms with van der Waals surface area (Å²) in [4.78, 5) is 25.3. The van der Waals surface area contributed by atoms with Crippen molar-refractivity contribution in [3.8, 4) is 11.5 Å². The molecule has 1 unspecified atom stereocenters. The van der Waals surface area contributed by atoms with Gasteiger partial charge in [-0.15, -0.1) is 0 Å². The Kier molecular flexibility index (Phi) is 3.30. The highest BCUT2D eigenvalue weighted by Gasteiger charge is 2.21.